The van der Waals surface area contributed by atoms with E-state index in [0.717, 1.165) is 43.7 Å². The van der Waals surface area contributed by atoms with Crippen LogP contribution in [0.1, 0.15) is 12.0 Å². The van der Waals surface area contributed by atoms with Crippen LogP contribution in [0.25, 0.3) is 10.9 Å². The summed E-state index contributed by atoms with van der Waals surface area (Å²) in [6.07, 6.45) is 6.44. The number of nitrogens with one attached hydrogen (secondary N) is 1. The van der Waals surface area contributed by atoms with E-state index in [4.69, 9.17) is 9.47 Å². The Morgan fingerprint density at radius 1 is 1.11 bits per heavy atom. The Balaban J connectivity index is 1.34. The molecule has 0 bridgehead atoms. The number of fused-ring (bicyclic) bond motifs is 1. The molecule has 4 nitrogen and oxygen atoms in total. The number of halogens is 1. The highest BCUT2D eigenvalue weighted by Gasteiger charge is 2.15. The van der Waals surface area contributed by atoms with Gasteiger partial charge < -0.3 is 14.5 Å². The van der Waals surface area contributed by atoms with Crippen molar-refractivity contribution in [2.45, 2.75) is 12.8 Å². The molecule has 0 amide bonds. The molecule has 28 heavy (non-hydrogen) atoms. The lowest BCUT2D eigenvalue weighted by molar-refractivity contribution is 0.216. The molecule has 5 heteroatoms. The van der Waals surface area contributed by atoms with E-state index in [2.05, 4.69) is 34.3 Å². The van der Waals surface area contributed by atoms with E-state index in [1.54, 1.807) is 19.2 Å². The molecule has 1 aliphatic heterocycles. The minimum atomic E-state index is -0.243. The highest BCUT2D eigenvalue weighted by atomic mass is 19.1. The van der Waals surface area contributed by atoms with Crippen molar-refractivity contribution >= 4 is 10.9 Å². The van der Waals surface area contributed by atoms with Crippen molar-refractivity contribution in [1.82, 2.24) is 9.88 Å². The fourth-order valence-corrected chi connectivity index (χ4v) is 3.70. The number of hydrogen-bond acceptors (Lipinski definition) is 3. The predicted molar refractivity (Wildman–Crippen MR) is 110 cm³/mol. The molecule has 4 rings (SSSR count). The van der Waals surface area contributed by atoms with Crippen LogP contribution in [0.15, 0.2) is 60.3 Å². The maximum atomic E-state index is 13.0. The second-order valence-corrected chi connectivity index (χ2v) is 7.13. The van der Waals surface area contributed by atoms with E-state index >= 15 is 0 Å². The van der Waals surface area contributed by atoms with Crippen LogP contribution in [0.5, 0.6) is 11.5 Å². The third-order valence-corrected chi connectivity index (χ3v) is 5.19. The number of benzene rings is 2. The summed E-state index contributed by atoms with van der Waals surface area (Å²) >= 11 is 0. The van der Waals surface area contributed by atoms with Crippen LogP contribution in [0, 0.1) is 5.82 Å². The van der Waals surface area contributed by atoms with Gasteiger partial charge in [-0.1, -0.05) is 11.6 Å². The molecule has 0 spiro atoms. The van der Waals surface area contributed by atoms with Crippen molar-refractivity contribution < 1.29 is 13.9 Å². The number of methoxy groups -OCH3 is 1. The van der Waals surface area contributed by atoms with E-state index in [-0.39, 0.29) is 5.82 Å². The first kappa shape index (κ1) is 18.6. The number of aromatic nitrogens is 1. The highest BCUT2D eigenvalue weighted by Crippen LogP contribution is 2.26. The molecule has 0 saturated carbocycles. The molecule has 3 aromatic rings. The molecule has 0 aliphatic carbocycles. The molecule has 0 saturated heterocycles. The monoisotopic (exact) mass is 380 g/mol. The zero-order valence-corrected chi connectivity index (χ0v) is 16.1. The van der Waals surface area contributed by atoms with Crippen molar-refractivity contribution in [3.63, 3.8) is 0 Å². The van der Waals surface area contributed by atoms with Crippen LogP contribution < -0.4 is 9.47 Å². The van der Waals surface area contributed by atoms with Gasteiger partial charge in [0.15, 0.2) is 0 Å². The zero-order valence-electron chi connectivity index (χ0n) is 16.1. The number of hydrogen-bond donors (Lipinski definition) is 1. The van der Waals surface area contributed by atoms with Crippen LogP contribution in [0.4, 0.5) is 4.39 Å². The summed E-state index contributed by atoms with van der Waals surface area (Å²) in [6, 6.07) is 12.3. The molecule has 1 aromatic heterocycles. The van der Waals surface area contributed by atoms with Crippen LogP contribution in [-0.4, -0.2) is 43.2 Å². The number of H-pyrrole nitrogens is 1. The number of rotatable bonds is 7. The van der Waals surface area contributed by atoms with Crippen LogP contribution in [-0.2, 0) is 6.42 Å². The lowest BCUT2D eigenvalue weighted by atomic mass is 10.0. The third-order valence-electron chi connectivity index (χ3n) is 5.19. The number of aromatic amines is 1. The topological polar surface area (TPSA) is 37.5 Å². The molecule has 0 fully saturated rings. The van der Waals surface area contributed by atoms with Crippen LogP contribution in [0.3, 0.4) is 0 Å². The number of nitrogens with zero attached hydrogens (tertiary/aromatic N) is 1. The molecule has 1 aliphatic rings. The maximum Gasteiger partial charge on any atom is 0.123 e. The first-order valence-electron chi connectivity index (χ1n) is 9.64. The summed E-state index contributed by atoms with van der Waals surface area (Å²) in [6.45, 7) is 3.45. The Morgan fingerprint density at radius 3 is 2.75 bits per heavy atom. The van der Waals surface area contributed by atoms with Gasteiger partial charge >= 0.3 is 0 Å². The zero-order chi connectivity index (χ0) is 19.3. The van der Waals surface area contributed by atoms with Crippen molar-refractivity contribution in [1.29, 1.82) is 0 Å². The summed E-state index contributed by atoms with van der Waals surface area (Å²) in [4.78, 5) is 5.76. The normalized spacial score (nSPS) is 14.9. The average Bonchev–Trinajstić information content (AvgIpc) is 3.12. The highest BCUT2D eigenvalue weighted by molar-refractivity contribution is 5.84. The smallest absolute Gasteiger partial charge is 0.123 e. The first-order chi connectivity index (χ1) is 13.7. The van der Waals surface area contributed by atoms with Crippen molar-refractivity contribution in [3.8, 4) is 11.5 Å². The second kappa shape index (κ2) is 8.48. The standard InChI is InChI=1S/C23H25FN2O2/c1-27-21-8-9-23-22(14-21)18(15-25-23)13-17-3-2-10-26(16-17)11-12-28-20-6-4-19(24)5-7-20/h3-9,14-15,25H,2,10-13,16H2,1H3. The van der Waals surface area contributed by atoms with E-state index in [1.165, 1.54) is 28.7 Å². The maximum absolute atomic E-state index is 13.0. The lowest BCUT2D eigenvalue weighted by Crippen LogP contribution is -2.34. The fourth-order valence-electron chi connectivity index (χ4n) is 3.70. The van der Waals surface area contributed by atoms with Gasteiger partial charge in [0.2, 0.25) is 0 Å². The van der Waals surface area contributed by atoms with Gasteiger partial charge in [0, 0.05) is 36.7 Å². The number of ether oxygens (including phenoxy) is 2. The van der Waals surface area contributed by atoms with E-state index in [1.807, 2.05) is 6.07 Å². The first-order valence-corrected chi connectivity index (χ1v) is 9.64. The largest absolute Gasteiger partial charge is 0.497 e. The molecule has 1 N–H and O–H groups in total. The Kier molecular flexibility index (Phi) is 5.63. The van der Waals surface area contributed by atoms with Crippen LogP contribution in [0.2, 0.25) is 0 Å². The minimum absolute atomic E-state index is 0.243. The molecule has 2 aromatic carbocycles. The summed E-state index contributed by atoms with van der Waals surface area (Å²) in [5.74, 6) is 1.35. The van der Waals surface area contributed by atoms with Crippen LogP contribution >= 0.6 is 0 Å². The lowest BCUT2D eigenvalue weighted by Gasteiger charge is -2.27. The molecule has 146 valence electrons. The Morgan fingerprint density at radius 2 is 1.93 bits per heavy atom. The summed E-state index contributed by atoms with van der Waals surface area (Å²) in [5.41, 5.74) is 3.86. The van der Waals surface area contributed by atoms with Gasteiger partial charge in [0.1, 0.15) is 23.9 Å². The molecular formula is C23H25FN2O2. The van der Waals surface area contributed by atoms with E-state index in [9.17, 15) is 4.39 Å². The molecule has 0 radical (unpaired) electrons. The van der Waals surface area contributed by atoms with Gasteiger partial charge in [-0.05, 0) is 60.9 Å². The van der Waals surface area contributed by atoms with Crippen molar-refractivity contribution in [3.05, 3.63) is 71.7 Å². The summed E-state index contributed by atoms with van der Waals surface area (Å²) in [7, 11) is 1.70. The molecule has 0 atom stereocenters. The summed E-state index contributed by atoms with van der Waals surface area (Å²) < 4.78 is 24.1. The summed E-state index contributed by atoms with van der Waals surface area (Å²) in [5, 5.41) is 1.22. The Hall–Kier alpha value is -2.79. The Labute approximate surface area is 164 Å². The van der Waals surface area contributed by atoms with Crippen molar-refractivity contribution in [2.75, 3.05) is 33.4 Å². The third kappa shape index (κ3) is 4.37. The van der Waals surface area contributed by atoms with Gasteiger partial charge in [0.25, 0.3) is 0 Å². The quantitative estimate of drug-likeness (QED) is 0.610. The van der Waals surface area contributed by atoms with Gasteiger partial charge in [0.05, 0.1) is 7.11 Å². The minimum Gasteiger partial charge on any atom is -0.497 e. The van der Waals surface area contributed by atoms with E-state index in [0.29, 0.717) is 12.4 Å². The molecule has 2 heterocycles. The van der Waals surface area contributed by atoms with E-state index < -0.39 is 0 Å². The SMILES string of the molecule is COc1ccc2[nH]cc(CC3=CCCN(CCOc4ccc(F)cc4)C3)c2c1. The van der Waals surface area contributed by atoms with Gasteiger partial charge in [-0.2, -0.15) is 0 Å². The fraction of sp³-hybridized carbons (Fsp3) is 0.304. The Bertz CT molecular complexity index is 962. The van der Waals surface area contributed by atoms with Gasteiger partial charge in [-0.3, -0.25) is 4.90 Å². The second-order valence-electron chi connectivity index (χ2n) is 7.13. The molecule has 0 unspecified atom stereocenters. The van der Waals surface area contributed by atoms with Crippen molar-refractivity contribution in [2.24, 2.45) is 0 Å². The predicted octanol–water partition coefficient (Wildman–Crippen LogP) is 4.57. The van der Waals surface area contributed by atoms with Gasteiger partial charge in [-0.15, -0.1) is 0 Å². The molecular weight excluding hydrogens is 355 g/mol. The van der Waals surface area contributed by atoms with Gasteiger partial charge in [-0.25, -0.2) is 4.39 Å². The average molecular weight is 380 g/mol.